The summed E-state index contributed by atoms with van der Waals surface area (Å²) in [6.07, 6.45) is 3.57. The van der Waals surface area contributed by atoms with E-state index in [1.807, 2.05) is 39.8 Å². The van der Waals surface area contributed by atoms with Gasteiger partial charge in [-0.05, 0) is 37.2 Å². The molecule has 1 aromatic heterocycles. The number of aromatic nitrogens is 2. The van der Waals surface area contributed by atoms with Crippen molar-refractivity contribution in [3.63, 3.8) is 0 Å². The molecule has 10 heteroatoms. The Morgan fingerprint density at radius 3 is 2.54 bits per heavy atom. The lowest BCUT2D eigenvalue weighted by atomic mass is 9.95. The number of amides is 3. The number of ether oxygens (including phenoxy) is 1. The monoisotopic (exact) mass is 527 g/mol. The number of rotatable bonds is 7. The highest BCUT2D eigenvalue weighted by molar-refractivity contribution is 6.32. The maximum Gasteiger partial charge on any atom is 0.275 e. The van der Waals surface area contributed by atoms with Gasteiger partial charge >= 0.3 is 0 Å². The van der Waals surface area contributed by atoms with Gasteiger partial charge in [-0.15, -0.1) is 0 Å². The van der Waals surface area contributed by atoms with Gasteiger partial charge in [-0.25, -0.2) is 4.98 Å². The van der Waals surface area contributed by atoms with Crippen LogP contribution in [0.4, 0.5) is 0 Å². The van der Waals surface area contributed by atoms with E-state index in [0.717, 1.165) is 31.6 Å². The van der Waals surface area contributed by atoms with Gasteiger partial charge in [-0.3, -0.25) is 14.4 Å². The lowest BCUT2D eigenvalue weighted by molar-refractivity contribution is -0.133. The zero-order valence-corrected chi connectivity index (χ0v) is 21.8. The quantitative estimate of drug-likeness (QED) is 0.597. The van der Waals surface area contributed by atoms with Crippen molar-refractivity contribution in [2.24, 2.45) is 11.8 Å². The van der Waals surface area contributed by atoms with Gasteiger partial charge in [0, 0.05) is 58.3 Å². The first-order chi connectivity index (χ1) is 18.0. The van der Waals surface area contributed by atoms with Crippen molar-refractivity contribution in [1.29, 1.82) is 0 Å². The minimum Gasteiger partial charge on any atom is -0.381 e. The van der Waals surface area contributed by atoms with E-state index >= 15 is 0 Å². The Bertz CT molecular complexity index is 1120. The molecule has 2 aromatic rings. The fourth-order valence-electron chi connectivity index (χ4n) is 5.36. The molecule has 0 radical (unpaired) electrons. The van der Waals surface area contributed by atoms with Gasteiger partial charge in [-0.1, -0.05) is 41.9 Å². The Hall–Kier alpha value is -2.91. The Morgan fingerprint density at radius 2 is 1.81 bits per heavy atom. The molecule has 1 atom stereocenters. The number of nitrogens with zero attached hydrogens (tertiary/aromatic N) is 4. The van der Waals surface area contributed by atoms with Crippen LogP contribution in [-0.4, -0.2) is 69.9 Å². The Kier molecular flexibility index (Phi) is 8.10. The fraction of sp³-hybridized carbons (Fsp3) is 0.556. The number of nitrogens with one attached hydrogen (secondary N) is 1. The zero-order valence-electron chi connectivity index (χ0n) is 21.0. The molecular weight excluding hydrogens is 494 g/mol. The molecule has 1 unspecified atom stereocenters. The molecule has 3 aliphatic heterocycles. The second-order valence-electron chi connectivity index (χ2n) is 10.2. The van der Waals surface area contributed by atoms with Crippen LogP contribution in [0.1, 0.15) is 54.0 Å². The molecule has 198 valence electrons. The second-order valence-corrected chi connectivity index (χ2v) is 10.5. The molecule has 4 heterocycles. The number of carbonyl (C=O) groups excluding carboxylic acids is 3. The summed E-state index contributed by atoms with van der Waals surface area (Å²) in [5.74, 6) is 0.915. The van der Waals surface area contributed by atoms with E-state index in [-0.39, 0.29) is 29.3 Å². The number of likely N-dealkylation sites (tertiary alicyclic amines) is 1. The van der Waals surface area contributed by atoms with Crippen LogP contribution in [0.25, 0.3) is 0 Å². The Labute approximate surface area is 222 Å². The normalized spacial score (nSPS) is 20.1. The van der Waals surface area contributed by atoms with Gasteiger partial charge in [0.1, 0.15) is 11.0 Å². The van der Waals surface area contributed by atoms with Gasteiger partial charge in [-0.2, -0.15) is 0 Å². The summed E-state index contributed by atoms with van der Waals surface area (Å²) in [5.41, 5.74) is 1.30. The Morgan fingerprint density at radius 1 is 1.03 bits per heavy atom. The lowest BCUT2D eigenvalue weighted by Crippen LogP contribution is -2.43. The number of imidazole rings is 1. The van der Waals surface area contributed by atoms with E-state index in [9.17, 15) is 14.4 Å². The molecule has 3 amide bonds. The minimum absolute atomic E-state index is 0.0247. The van der Waals surface area contributed by atoms with Crippen LogP contribution in [0.15, 0.2) is 30.3 Å². The van der Waals surface area contributed by atoms with Crippen molar-refractivity contribution in [1.82, 2.24) is 24.7 Å². The van der Waals surface area contributed by atoms with Crippen molar-refractivity contribution >= 4 is 29.3 Å². The predicted octanol–water partition coefficient (Wildman–Crippen LogP) is 2.86. The molecule has 1 aromatic carbocycles. The van der Waals surface area contributed by atoms with Crippen LogP contribution in [0.2, 0.25) is 5.15 Å². The molecule has 0 saturated carbocycles. The van der Waals surface area contributed by atoms with Crippen molar-refractivity contribution < 1.29 is 19.1 Å². The smallest absolute Gasteiger partial charge is 0.275 e. The zero-order chi connectivity index (χ0) is 25.8. The molecule has 2 saturated heterocycles. The number of fused-ring (bicyclic) bond motifs is 1. The van der Waals surface area contributed by atoms with Crippen molar-refractivity contribution in [3.05, 3.63) is 52.6 Å². The number of hydrogen-bond donors (Lipinski definition) is 1. The summed E-state index contributed by atoms with van der Waals surface area (Å²) in [4.78, 5) is 46.7. The fourth-order valence-corrected chi connectivity index (χ4v) is 5.67. The average molecular weight is 528 g/mol. The van der Waals surface area contributed by atoms with Gasteiger partial charge < -0.3 is 24.4 Å². The molecule has 0 aliphatic carbocycles. The Balaban J connectivity index is 1.13. The second kappa shape index (κ2) is 11.6. The van der Waals surface area contributed by atoms with E-state index in [1.165, 1.54) is 0 Å². The van der Waals surface area contributed by atoms with Crippen LogP contribution in [0.3, 0.4) is 0 Å². The lowest BCUT2D eigenvalue weighted by Gasteiger charge is -2.31. The van der Waals surface area contributed by atoms with Crippen LogP contribution >= 0.6 is 11.6 Å². The van der Waals surface area contributed by atoms with E-state index in [4.69, 9.17) is 16.3 Å². The summed E-state index contributed by atoms with van der Waals surface area (Å²) in [7, 11) is 0. The molecule has 3 aliphatic rings. The van der Waals surface area contributed by atoms with E-state index < -0.39 is 0 Å². The predicted molar refractivity (Wildman–Crippen MR) is 138 cm³/mol. The maximum atomic E-state index is 13.3. The molecule has 9 nitrogen and oxygen atoms in total. The number of benzene rings is 1. The maximum absolute atomic E-state index is 13.3. The van der Waals surface area contributed by atoms with Gasteiger partial charge in [0.25, 0.3) is 5.91 Å². The van der Waals surface area contributed by atoms with E-state index in [1.54, 1.807) is 4.90 Å². The number of piperidine rings is 1. The first-order valence-corrected chi connectivity index (χ1v) is 13.6. The van der Waals surface area contributed by atoms with Crippen molar-refractivity contribution in [3.8, 4) is 0 Å². The molecule has 2 fully saturated rings. The number of halogens is 1. The largest absolute Gasteiger partial charge is 0.381 e. The molecule has 37 heavy (non-hydrogen) atoms. The standard InChI is InChI=1S/C27H34ClN5O4/c28-25-24(30-22-17-32(13-14-33(22)25)23(34)7-6-20-10-15-37-18-20)27(36)31-11-8-21(9-12-31)26(35)29-16-19-4-2-1-3-5-19/h1-5,20-21H,6-18H2,(H,29,35). The highest BCUT2D eigenvalue weighted by Gasteiger charge is 2.33. The minimum atomic E-state index is -0.214. The number of carbonyl (C=O) groups is 3. The van der Waals surface area contributed by atoms with Gasteiger partial charge in [0.05, 0.1) is 6.54 Å². The third-order valence-corrected chi connectivity index (χ3v) is 8.10. The van der Waals surface area contributed by atoms with Crippen LogP contribution < -0.4 is 5.32 Å². The van der Waals surface area contributed by atoms with Gasteiger partial charge in [0.2, 0.25) is 11.8 Å². The summed E-state index contributed by atoms with van der Waals surface area (Å²) in [6, 6.07) is 9.82. The SMILES string of the molecule is O=C(NCc1ccccc1)C1CCN(C(=O)c2nc3n(c2Cl)CCN(C(=O)CCC2CCOC2)C3)CC1. The van der Waals surface area contributed by atoms with Crippen molar-refractivity contribution in [2.75, 3.05) is 32.8 Å². The van der Waals surface area contributed by atoms with Crippen LogP contribution in [0.5, 0.6) is 0 Å². The van der Waals surface area contributed by atoms with E-state index in [2.05, 4.69) is 10.3 Å². The third kappa shape index (κ3) is 5.99. The van der Waals surface area contributed by atoms with E-state index in [0.29, 0.717) is 75.4 Å². The van der Waals surface area contributed by atoms with Crippen molar-refractivity contribution in [2.45, 2.75) is 51.7 Å². The summed E-state index contributed by atoms with van der Waals surface area (Å²) < 4.78 is 7.25. The number of hydrogen-bond acceptors (Lipinski definition) is 5. The van der Waals surface area contributed by atoms with Crippen LogP contribution in [-0.2, 0) is 34.0 Å². The first-order valence-electron chi connectivity index (χ1n) is 13.2. The molecule has 5 rings (SSSR count). The first kappa shape index (κ1) is 25.7. The molecular formula is C27H34ClN5O4. The highest BCUT2D eigenvalue weighted by Crippen LogP contribution is 2.27. The molecule has 0 spiro atoms. The highest BCUT2D eigenvalue weighted by atomic mass is 35.5. The molecule has 0 bridgehead atoms. The van der Waals surface area contributed by atoms with Crippen LogP contribution in [0, 0.1) is 11.8 Å². The third-order valence-electron chi connectivity index (χ3n) is 7.72. The topological polar surface area (TPSA) is 96.8 Å². The summed E-state index contributed by atoms with van der Waals surface area (Å²) in [5, 5.41) is 3.34. The summed E-state index contributed by atoms with van der Waals surface area (Å²) >= 11 is 6.58. The molecule has 1 N–H and O–H groups in total. The summed E-state index contributed by atoms with van der Waals surface area (Å²) in [6.45, 7) is 4.44. The van der Waals surface area contributed by atoms with Gasteiger partial charge in [0.15, 0.2) is 5.69 Å². The average Bonchev–Trinajstić information content (AvgIpc) is 3.58.